The number of methoxy groups -OCH3 is 1. The van der Waals surface area contributed by atoms with Crippen LogP contribution in [0.15, 0.2) is 48.5 Å². The first-order valence-electron chi connectivity index (χ1n) is 7.95. The summed E-state index contributed by atoms with van der Waals surface area (Å²) in [6.45, 7) is -0.105. The summed E-state index contributed by atoms with van der Waals surface area (Å²) in [5.41, 5.74) is -0.237. The van der Waals surface area contributed by atoms with E-state index in [9.17, 15) is 19.7 Å². The van der Waals surface area contributed by atoms with Crippen LogP contribution in [0.2, 0.25) is 0 Å². The molecule has 0 aromatic heterocycles. The Morgan fingerprint density at radius 2 is 1.85 bits per heavy atom. The first kappa shape index (κ1) is 19.7. The molecule has 0 fully saturated rings. The molecule has 0 saturated heterocycles. The summed E-state index contributed by atoms with van der Waals surface area (Å²) in [4.78, 5) is 33.6. The van der Waals surface area contributed by atoms with Gasteiger partial charge in [0, 0.05) is 12.1 Å². The van der Waals surface area contributed by atoms with E-state index in [-0.39, 0.29) is 24.4 Å². The van der Waals surface area contributed by atoms with Crippen LogP contribution in [0.4, 0.5) is 5.69 Å². The fraction of sp³-hybridized carbons (Fsp3) is 0.222. The summed E-state index contributed by atoms with van der Waals surface area (Å²) in [5, 5.41) is 13.2. The molecule has 9 heteroatoms. The Morgan fingerprint density at radius 3 is 2.56 bits per heavy atom. The average Bonchev–Trinajstić information content (AvgIpc) is 2.69. The molecule has 0 spiro atoms. The van der Waals surface area contributed by atoms with Crippen molar-refractivity contribution in [1.82, 2.24) is 5.32 Å². The van der Waals surface area contributed by atoms with Gasteiger partial charge in [0.05, 0.1) is 24.1 Å². The molecule has 27 heavy (non-hydrogen) atoms. The standard InChI is InChI=1S/C18H18N2O7/c1-25-15-7-2-3-8-16(15)26-10-9-19-17(21)12-27-18(22)13-5-4-6-14(11-13)20(23)24/h2-8,11H,9-10,12H2,1H3,(H,19,21). The molecule has 0 bridgehead atoms. The molecule has 1 N–H and O–H groups in total. The van der Waals surface area contributed by atoms with Crippen molar-refractivity contribution in [3.63, 3.8) is 0 Å². The number of nitrogens with one attached hydrogen (secondary N) is 1. The Bertz CT molecular complexity index is 823. The molecule has 0 atom stereocenters. The van der Waals surface area contributed by atoms with Crippen molar-refractivity contribution < 1.29 is 28.7 Å². The minimum absolute atomic E-state index is 0.00324. The van der Waals surface area contributed by atoms with Gasteiger partial charge in [0.15, 0.2) is 18.1 Å². The van der Waals surface area contributed by atoms with Crippen molar-refractivity contribution >= 4 is 17.6 Å². The van der Waals surface area contributed by atoms with Crippen LogP contribution in [0.5, 0.6) is 11.5 Å². The van der Waals surface area contributed by atoms with Gasteiger partial charge >= 0.3 is 5.97 Å². The summed E-state index contributed by atoms with van der Waals surface area (Å²) in [6.07, 6.45) is 0. The highest BCUT2D eigenvalue weighted by molar-refractivity contribution is 5.91. The third-order valence-electron chi connectivity index (χ3n) is 3.38. The Kier molecular flexibility index (Phi) is 7.12. The van der Waals surface area contributed by atoms with Crippen LogP contribution < -0.4 is 14.8 Å². The number of amides is 1. The maximum atomic E-state index is 11.8. The van der Waals surface area contributed by atoms with Crippen molar-refractivity contribution in [1.29, 1.82) is 0 Å². The zero-order valence-electron chi connectivity index (χ0n) is 14.5. The van der Waals surface area contributed by atoms with Gasteiger partial charge in [0.2, 0.25) is 0 Å². The van der Waals surface area contributed by atoms with Crippen LogP contribution in [0, 0.1) is 10.1 Å². The van der Waals surface area contributed by atoms with Gasteiger partial charge in [-0.25, -0.2) is 4.79 Å². The van der Waals surface area contributed by atoms with E-state index in [1.165, 1.54) is 25.3 Å². The molecule has 142 valence electrons. The third kappa shape index (κ3) is 5.99. The number of hydrogen-bond acceptors (Lipinski definition) is 7. The van der Waals surface area contributed by atoms with E-state index in [1.54, 1.807) is 18.2 Å². The lowest BCUT2D eigenvalue weighted by Crippen LogP contribution is -2.32. The van der Waals surface area contributed by atoms with Crippen LogP contribution in [0.1, 0.15) is 10.4 Å². The van der Waals surface area contributed by atoms with Gasteiger partial charge in [-0.2, -0.15) is 0 Å². The zero-order valence-corrected chi connectivity index (χ0v) is 14.5. The number of hydrogen-bond donors (Lipinski definition) is 1. The van der Waals surface area contributed by atoms with E-state index < -0.39 is 23.4 Å². The van der Waals surface area contributed by atoms with Gasteiger partial charge in [-0.05, 0) is 18.2 Å². The molecule has 0 aliphatic rings. The molecule has 0 aliphatic carbocycles. The van der Waals surface area contributed by atoms with Crippen LogP contribution in [-0.4, -0.2) is 43.7 Å². The number of benzene rings is 2. The highest BCUT2D eigenvalue weighted by atomic mass is 16.6. The number of nitro groups is 1. The van der Waals surface area contributed by atoms with Crippen LogP contribution in [0.25, 0.3) is 0 Å². The average molecular weight is 374 g/mol. The van der Waals surface area contributed by atoms with Crippen LogP contribution >= 0.6 is 0 Å². The van der Waals surface area contributed by atoms with E-state index in [4.69, 9.17) is 14.2 Å². The minimum atomic E-state index is -0.820. The predicted molar refractivity (Wildman–Crippen MR) is 94.9 cm³/mol. The van der Waals surface area contributed by atoms with Crippen molar-refractivity contribution in [2.45, 2.75) is 0 Å². The maximum Gasteiger partial charge on any atom is 0.338 e. The summed E-state index contributed by atoms with van der Waals surface area (Å²) < 4.78 is 15.5. The second kappa shape index (κ2) is 9.76. The number of esters is 1. The predicted octanol–water partition coefficient (Wildman–Crippen LogP) is 1.96. The molecule has 0 aliphatic heterocycles. The lowest BCUT2D eigenvalue weighted by Gasteiger charge is -2.11. The Hall–Kier alpha value is -3.62. The fourth-order valence-electron chi connectivity index (χ4n) is 2.10. The van der Waals surface area contributed by atoms with Crippen molar-refractivity contribution in [2.24, 2.45) is 0 Å². The first-order chi connectivity index (χ1) is 13.0. The lowest BCUT2D eigenvalue weighted by molar-refractivity contribution is -0.384. The number of non-ortho nitro benzene ring substituents is 1. The number of rotatable bonds is 9. The number of nitro benzene ring substituents is 1. The smallest absolute Gasteiger partial charge is 0.338 e. The molecule has 2 aromatic rings. The van der Waals surface area contributed by atoms with Crippen molar-refractivity contribution in [3.05, 3.63) is 64.2 Å². The van der Waals surface area contributed by atoms with Crippen molar-refractivity contribution in [3.8, 4) is 11.5 Å². The van der Waals surface area contributed by atoms with E-state index in [2.05, 4.69) is 5.32 Å². The molecule has 0 saturated carbocycles. The Morgan fingerprint density at radius 1 is 1.11 bits per heavy atom. The minimum Gasteiger partial charge on any atom is -0.493 e. The van der Waals surface area contributed by atoms with Crippen LogP contribution in [-0.2, 0) is 9.53 Å². The SMILES string of the molecule is COc1ccccc1OCCNC(=O)COC(=O)c1cccc([N+](=O)[O-])c1. The third-order valence-corrected chi connectivity index (χ3v) is 3.38. The fourth-order valence-corrected chi connectivity index (χ4v) is 2.10. The van der Waals surface area contributed by atoms with E-state index in [1.807, 2.05) is 6.07 Å². The topological polar surface area (TPSA) is 117 Å². The van der Waals surface area contributed by atoms with Crippen molar-refractivity contribution in [2.75, 3.05) is 26.9 Å². The number of ether oxygens (including phenoxy) is 3. The number of carbonyl (C=O) groups excluding carboxylic acids is 2. The Balaban J connectivity index is 1.72. The number of carbonyl (C=O) groups is 2. The number of para-hydroxylation sites is 2. The van der Waals surface area contributed by atoms with Gasteiger partial charge < -0.3 is 19.5 Å². The molecular formula is C18H18N2O7. The highest BCUT2D eigenvalue weighted by Crippen LogP contribution is 2.25. The van der Waals surface area contributed by atoms with Gasteiger partial charge in [0.25, 0.3) is 11.6 Å². The zero-order chi connectivity index (χ0) is 19.6. The Labute approximate surface area is 155 Å². The second-order valence-electron chi connectivity index (χ2n) is 5.23. The normalized spacial score (nSPS) is 9.96. The molecule has 0 radical (unpaired) electrons. The summed E-state index contributed by atoms with van der Waals surface area (Å²) in [7, 11) is 1.53. The van der Waals surface area contributed by atoms with E-state index in [0.717, 1.165) is 6.07 Å². The first-order valence-corrected chi connectivity index (χ1v) is 7.95. The summed E-state index contributed by atoms with van der Waals surface area (Å²) >= 11 is 0. The monoisotopic (exact) mass is 374 g/mol. The summed E-state index contributed by atoms with van der Waals surface area (Å²) in [6, 6.07) is 12.2. The summed E-state index contributed by atoms with van der Waals surface area (Å²) in [5.74, 6) is -0.211. The molecule has 2 aromatic carbocycles. The van der Waals surface area contributed by atoms with E-state index in [0.29, 0.717) is 11.5 Å². The maximum absolute atomic E-state index is 11.8. The molecule has 9 nitrogen and oxygen atoms in total. The quantitative estimate of drug-likeness (QED) is 0.308. The van der Waals surface area contributed by atoms with Crippen LogP contribution in [0.3, 0.4) is 0 Å². The molecule has 0 heterocycles. The lowest BCUT2D eigenvalue weighted by atomic mass is 10.2. The van der Waals surface area contributed by atoms with Gasteiger partial charge in [-0.1, -0.05) is 18.2 Å². The van der Waals surface area contributed by atoms with E-state index >= 15 is 0 Å². The highest BCUT2D eigenvalue weighted by Gasteiger charge is 2.14. The van der Waals surface area contributed by atoms with Gasteiger partial charge in [-0.3, -0.25) is 14.9 Å². The van der Waals surface area contributed by atoms with Gasteiger partial charge in [-0.15, -0.1) is 0 Å². The molecular weight excluding hydrogens is 356 g/mol. The molecule has 0 unspecified atom stereocenters. The molecule has 2 rings (SSSR count). The second-order valence-corrected chi connectivity index (χ2v) is 5.23. The number of nitrogens with zero attached hydrogens (tertiary/aromatic N) is 1. The van der Waals surface area contributed by atoms with Gasteiger partial charge in [0.1, 0.15) is 6.61 Å². The largest absolute Gasteiger partial charge is 0.493 e. The molecule has 1 amide bonds.